The molecule has 2 saturated carbocycles. The molecule has 2 rings (SSSR count). The van der Waals surface area contributed by atoms with Gasteiger partial charge < -0.3 is 5.32 Å². The van der Waals surface area contributed by atoms with Crippen LogP contribution in [0.15, 0.2) is 0 Å². The number of Topliss-reactive ketones (excluding diaryl/α,β-unsaturated/α-hetero) is 1. The van der Waals surface area contributed by atoms with E-state index in [4.69, 9.17) is 5.26 Å². The molecular weight excluding hydrogens is 240 g/mol. The number of fused-ring (bicyclic) bond motifs is 2. The fraction of sp³-hybridized carbons (Fsp3) is 0.800. The average Bonchev–Trinajstić information content (AvgIpc) is 2.90. The molecule has 0 heterocycles. The number of rotatable bonds is 5. The molecule has 4 heteroatoms. The number of ketones is 1. The van der Waals surface area contributed by atoms with Gasteiger partial charge in [-0.1, -0.05) is 6.42 Å². The van der Waals surface area contributed by atoms with E-state index in [9.17, 15) is 9.59 Å². The zero-order valence-electron chi connectivity index (χ0n) is 11.7. The first-order chi connectivity index (χ1) is 9.01. The van der Waals surface area contributed by atoms with Crippen molar-refractivity contribution in [3.8, 4) is 6.07 Å². The van der Waals surface area contributed by atoms with Gasteiger partial charge in [0.1, 0.15) is 0 Å². The summed E-state index contributed by atoms with van der Waals surface area (Å²) in [5, 5.41) is 11.7. The summed E-state index contributed by atoms with van der Waals surface area (Å²) in [6, 6.07) is 1.82. The molecule has 0 spiro atoms. The van der Waals surface area contributed by atoms with Crippen molar-refractivity contribution in [2.24, 2.45) is 23.7 Å². The van der Waals surface area contributed by atoms with Gasteiger partial charge in [0.25, 0.3) is 0 Å². The molecule has 2 aliphatic carbocycles. The van der Waals surface area contributed by atoms with Crippen molar-refractivity contribution in [2.75, 3.05) is 0 Å². The predicted octanol–water partition coefficient (Wildman–Crippen LogP) is 2.05. The van der Waals surface area contributed by atoms with Gasteiger partial charge in [0, 0.05) is 12.5 Å². The summed E-state index contributed by atoms with van der Waals surface area (Å²) in [6.07, 6.45) is 5.28. The third kappa shape index (κ3) is 3.15. The van der Waals surface area contributed by atoms with Crippen LogP contribution >= 0.6 is 0 Å². The van der Waals surface area contributed by atoms with Crippen LogP contribution in [0.25, 0.3) is 0 Å². The van der Waals surface area contributed by atoms with E-state index in [1.165, 1.54) is 19.3 Å². The van der Waals surface area contributed by atoms with E-state index in [-0.39, 0.29) is 11.8 Å². The zero-order chi connectivity index (χ0) is 14.0. The normalized spacial score (nSPS) is 30.1. The first kappa shape index (κ1) is 14.0. The quantitative estimate of drug-likeness (QED) is 0.771. The predicted molar refractivity (Wildman–Crippen MR) is 70.9 cm³/mol. The van der Waals surface area contributed by atoms with Crippen LogP contribution in [0.4, 0.5) is 0 Å². The molecule has 19 heavy (non-hydrogen) atoms. The molecule has 0 aliphatic heterocycles. The van der Waals surface area contributed by atoms with Crippen LogP contribution < -0.4 is 5.32 Å². The van der Waals surface area contributed by atoms with Gasteiger partial charge in [0.2, 0.25) is 5.91 Å². The van der Waals surface area contributed by atoms with Crippen molar-refractivity contribution in [3.63, 3.8) is 0 Å². The lowest BCUT2D eigenvalue weighted by molar-refractivity contribution is -0.132. The highest BCUT2D eigenvalue weighted by molar-refractivity contribution is 6.04. The number of nitrogens with zero attached hydrogens (tertiary/aromatic N) is 1. The van der Waals surface area contributed by atoms with Crippen LogP contribution in [0.5, 0.6) is 0 Å². The minimum atomic E-state index is -1.12. The fourth-order valence-electron chi connectivity index (χ4n) is 3.65. The molecule has 4 unspecified atom stereocenters. The molecule has 2 fully saturated rings. The lowest BCUT2D eigenvalue weighted by Crippen LogP contribution is -2.39. The summed E-state index contributed by atoms with van der Waals surface area (Å²) >= 11 is 0. The Morgan fingerprint density at radius 1 is 1.32 bits per heavy atom. The summed E-state index contributed by atoms with van der Waals surface area (Å²) in [7, 11) is 0. The van der Waals surface area contributed by atoms with Gasteiger partial charge in [-0.25, -0.2) is 0 Å². The summed E-state index contributed by atoms with van der Waals surface area (Å²) in [5.41, 5.74) is 0. The summed E-state index contributed by atoms with van der Waals surface area (Å²) in [6.45, 7) is 3.65. The van der Waals surface area contributed by atoms with Gasteiger partial charge in [-0.15, -0.1) is 0 Å². The molecule has 1 amide bonds. The van der Waals surface area contributed by atoms with Crippen molar-refractivity contribution < 1.29 is 9.59 Å². The van der Waals surface area contributed by atoms with E-state index in [0.29, 0.717) is 18.3 Å². The van der Waals surface area contributed by atoms with Crippen LogP contribution in [0.3, 0.4) is 0 Å². The van der Waals surface area contributed by atoms with Gasteiger partial charge in [-0.2, -0.15) is 5.26 Å². The van der Waals surface area contributed by atoms with Crippen molar-refractivity contribution in [3.05, 3.63) is 0 Å². The summed E-state index contributed by atoms with van der Waals surface area (Å²) in [4.78, 5) is 24.0. The Bertz CT molecular complexity index is 411. The maximum absolute atomic E-state index is 12.1. The SMILES string of the molecule is CC(C)NC(=O)C(C#N)C(=O)CC1CC2CCC1C2. The van der Waals surface area contributed by atoms with Crippen molar-refractivity contribution in [2.45, 2.75) is 52.0 Å². The van der Waals surface area contributed by atoms with Gasteiger partial charge >= 0.3 is 0 Å². The smallest absolute Gasteiger partial charge is 0.245 e. The minimum Gasteiger partial charge on any atom is -0.352 e. The van der Waals surface area contributed by atoms with Crippen LogP contribution in [-0.2, 0) is 9.59 Å². The maximum atomic E-state index is 12.1. The van der Waals surface area contributed by atoms with Crippen LogP contribution in [0, 0.1) is 35.0 Å². The third-order valence-electron chi connectivity index (χ3n) is 4.49. The molecule has 2 bridgehead atoms. The third-order valence-corrected chi connectivity index (χ3v) is 4.49. The second-order valence-electron chi connectivity index (χ2n) is 6.33. The first-order valence-electron chi connectivity index (χ1n) is 7.24. The Labute approximate surface area is 114 Å². The van der Waals surface area contributed by atoms with E-state index in [1.807, 2.05) is 19.9 Å². The number of carbonyl (C=O) groups is 2. The molecule has 2 aliphatic rings. The fourth-order valence-corrected chi connectivity index (χ4v) is 3.65. The Morgan fingerprint density at radius 2 is 2.05 bits per heavy atom. The summed E-state index contributed by atoms with van der Waals surface area (Å²) < 4.78 is 0. The van der Waals surface area contributed by atoms with Crippen LogP contribution in [0.1, 0.15) is 46.0 Å². The average molecular weight is 262 g/mol. The topological polar surface area (TPSA) is 70.0 Å². The van der Waals surface area contributed by atoms with E-state index in [0.717, 1.165) is 12.3 Å². The van der Waals surface area contributed by atoms with Crippen LogP contribution in [0.2, 0.25) is 0 Å². The molecular formula is C15H22N2O2. The van der Waals surface area contributed by atoms with E-state index >= 15 is 0 Å². The number of hydrogen-bond donors (Lipinski definition) is 1. The number of nitriles is 1. The molecule has 4 nitrogen and oxygen atoms in total. The van der Waals surface area contributed by atoms with E-state index < -0.39 is 11.8 Å². The van der Waals surface area contributed by atoms with E-state index in [2.05, 4.69) is 5.32 Å². The standard InChI is InChI=1S/C15H22N2O2/c1-9(2)17-15(19)13(8-16)14(18)7-12-6-10-3-4-11(12)5-10/h9-13H,3-7H2,1-2H3,(H,17,19). The van der Waals surface area contributed by atoms with Crippen molar-refractivity contribution in [1.82, 2.24) is 5.32 Å². The minimum absolute atomic E-state index is 0.0429. The Morgan fingerprint density at radius 3 is 2.53 bits per heavy atom. The van der Waals surface area contributed by atoms with Crippen molar-refractivity contribution in [1.29, 1.82) is 5.26 Å². The molecule has 1 N–H and O–H groups in total. The highest BCUT2D eigenvalue weighted by Crippen LogP contribution is 2.49. The van der Waals surface area contributed by atoms with Gasteiger partial charge in [0.15, 0.2) is 11.7 Å². The number of hydrogen-bond acceptors (Lipinski definition) is 3. The molecule has 0 aromatic heterocycles. The van der Waals surface area contributed by atoms with Gasteiger partial charge in [0.05, 0.1) is 6.07 Å². The lowest BCUT2D eigenvalue weighted by atomic mass is 9.83. The molecule has 4 atom stereocenters. The zero-order valence-corrected chi connectivity index (χ0v) is 11.7. The number of carbonyl (C=O) groups excluding carboxylic acids is 2. The van der Waals surface area contributed by atoms with Gasteiger partial charge in [-0.05, 0) is 50.9 Å². The maximum Gasteiger partial charge on any atom is 0.245 e. The highest BCUT2D eigenvalue weighted by Gasteiger charge is 2.41. The summed E-state index contributed by atoms with van der Waals surface area (Å²) in [5.74, 6) is 0.0913. The van der Waals surface area contributed by atoms with Crippen molar-refractivity contribution >= 4 is 11.7 Å². The monoisotopic (exact) mass is 262 g/mol. The molecule has 0 saturated heterocycles. The number of nitrogens with one attached hydrogen (secondary N) is 1. The number of amides is 1. The first-order valence-corrected chi connectivity index (χ1v) is 7.24. The second kappa shape index (κ2) is 5.73. The molecule has 0 radical (unpaired) electrons. The second-order valence-corrected chi connectivity index (χ2v) is 6.33. The molecule has 0 aromatic rings. The molecule has 0 aromatic carbocycles. The Balaban J connectivity index is 1.90. The Kier molecular flexibility index (Phi) is 4.24. The highest BCUT2D eigenvalue weighted by atomic mass is 16.2. The van der Waals surface area contributed by atoms with E-state index in [1.54, 1.807) is 0 Å². The van der Waals surface area contributed by atoms with Crippen LogP contribution in [-0.4, -0.2) is 17.7 Å². The van der Waals surface area contributed by atoms with Gasteiger partial charge in [-0.3, -0.25) is 9.59 Å². The lowest BCUT2D eigenvalue weighted by Gasteiger charge is -2.21. The molecule has 104 valence electrons. The Hall–Kier alpha value is -1.37. The largest absolute Gasteiger partial charge is 0.352 e.